The van der Waals surface area contributed by atoms with Gasteiger partial charge in [0.05, 0.1) is 0 Å². The van der Waals surface area contributed by atoms with Gasteiger partial charge in [0, 0.05) is 11.0 Å². The number of hydrogen-bond acceptors (Lipinski definition) is 3. The van der Waals surface area contributed by atoms with Crippen molar-refractivity contribution in [3.05, 3.63) is 28.7 Å². The van der Waals surface area contributed by atoms with E-state index >= 15 is 0 Å². The van der Waals surface area contributed by atoms with Crippen LogP contribution in [-0.2, 0) is 0 Å². The first-order valence-corrected chi connectivity index (χ1v) is 7.72. The first-order chi connectivity index (χ1) is 9.15. The molecule has 0 aliphatic heterocycles. The van der Waals surface area contributed by atoms with E-state index in [0.717, 1.165) is 16.8 Å². The Bertz CT molecular complexity index is 339. The van der Waals surface area contributed by atoms with E-state index < -0.39 is 6.10 Å². The van der Waals surface area contributed by atoms with E-state index in [1.165, 1.54) is 12.8 Å². The largest absolute Gasteiger partial charge is 0.491 e. The Kier molecular flexibility index (Phi) is 8.10. The van der Waals surface area contributed by atoms with Gasteiger partial charge in [-0.25, -0.2) is 0 Å². The topological polar surface area (TPSA) is 41.5 Å². The summed E-state index contributed by atoms with van der Waals surface area (Å²) in [7, 11) is 0. The van der Waals surface area contributed by atoms with Crippen LogP contribution in [0.15, 0.2) is 28.7 Å². The zero-order chi connectivity index (χ0) is 14.1. The molecule has 0 radical (unpaired) electrons. The van der Waals surface area contributed by atoms with Gasteiger partial charge in [-0.3, -0.25) is 0 Å². The van der Waals surface area contributed by atoms with Crippen molar-refractivity contribution in [2.45, 2.75) is 32.8 Å². The van der Waals surface area contributed by atoms with E-state index in [4.69, 9.17) is 4.74 Å². The Balaban J connectivity index is 2.17. The lowest BCUT2D eigenvalue weighted by Gasteiger charge is -2.16. The zero-order valence-corrected chi connectivity index (χ0v) is 13.3. The molecule has 0 fully saturated rings. The second kappa shape index (κ2) is 9.34. The molecule has 0 amide bonds. The van der Waals surface area contributed by atoms with Gasteiger partial charge in [0.1, 0.15) is 18.5 Å². The summed E-state index contributed by atoms with van der Waals surface area (Å²) in [5.74, 6) is 1.47. The maximum atomic E-state index is 9.83. The van der Waals surface area contributed by atoms with Gasteiger partial charge in [-0.2, -0.15) is 0 Å². The normalized spacial score (nSPS) is 12.7. The van der Waals surface area contributed by atoms with Crippen LogP contribution in [-0.4, -0.2) is 30.9 Å². The van der Waals surface area contributed by atoms with Crippen molar-refractivity contribution in [2.75, 3.05) is 19.7 Å². The second-order valence-electron chi connectivity index (χ2n) is 4.76. The maximum Gasteiger partial charge on any atom is 0.119 e. The van der Waals surface area contributed by atoms with Crippen LogP contribution in [0, 0.1) is 5.92 Å². The molecule has 0 saturated heterocycles. The monoisotopic (exact) mass is 329 g/mol. The van der Waals surface area contributed by atoms with Gasteiger partial charge < -0.3 is 15.2 Å². The van der Waals surface area contributed by atoms with Crippen LogP contribution in [0.25, 0.3) is 0 Å². The summed E-state index contributed by atoms with van der Waals surface area (Å²) in [6, 6.07) is 7.61. The van der Waals surface area contributed by atoms with E-state index in [1.807, 2.05) is 24.3 Å². The highest BCUT2D eigenvalue weighted by atomic mass is 79.9. The van der Waals surface area contributed by atoms with Gasteiger partial charge in [-0.1, -0.05) is 42.6 Å². The molecule has 0 saturated carbocycles. The van der Waals surface area contributed by atoms with Gasteiger partial charge in [-0.05, 0) is 36.7 Å². The van der Waals surface area contributed by atoms with Crippen molar-refractivity contribution < 1.29 is 9.84 Å². The molecule has 1 atom stereocenters. The summed E-state index contributed by atoms with van der Waals surface area (Å²) in [6.07, 6.45) is 1.88. The van der Waals surface area contributed by atoms with Crippen molar-refractivity contribution in [3.8, 4) is 5.75 Å². The Hall–Kier alpha value is -0.580. The lowest BCUT2D eigenvalue weighted by atomic mass is 10.0. The van der Waals surface area contributed by atoms with E-state index in [2.05, 4.69) is 35.1 Å². The number of benzene rings is 1. The van der Waals surface area contributed by atoms with Crippen molar-refractivity contribution in [2.24, 2.45) is 5.92 Å². The third kappa shape index (κ3) is 6.95. The lowest BCUT2D eigenvalue weighted by Crippen LogP contribution is -2.34. The summed E-state index contributed by atoms with van der Waals surface area (Å²) in [4.78, 5) is 0. The van der Waals surface area contributed by atoms with Crippen molar-refractivity contribution >= 4 is 15.9 Å². The molecule has 1 rings (SSSR count). The molecule has 1 unspecified atom stereocenters. The minimum absolute atomic E-state index is 0.317. The van der Waals surface area contributed by atoms with Crippen LogP contribution in [0.1, 0.15) is 26.7 Å². The van der Waals surface area contributed by atoms with Crippen LogP contribution in [0.5, 0.6) is 5.75 Å². The van der Waals surface area contributed by atoms with Gasteiger partial charge in [0.25, 0.3) is 0 Å². The highest BCUT2D eigenvalue weighted by Gasteiger charge is 2.07. The third-order valence-electron chi connectivity index (χ3n) is 3.22. The third-order valence-corrected chi connectivity index (χ3v) is 3.75. The van der Waals surface area contributed by atoms with E-state index in [1.54, 1.807) is 0 Å². The molecule has 108 valence electrons. The zero-order valence-electron chi connectivity index (χ0n) is 11.7. The fourth-order valence-electron chi connectivity index (χ4n) is 1.81. The predicted octanol–water partition coefficient (Wildman–Crippen LogP) is 3.21. The summed E-state index contributed by atoms with van der Waals surface area (Å²) in [6.45, 7) is 6.25. The van der Waals surface area contributed by atoms with Crippen LogP contribution < -0.4 is 10.1 Å². The molecule has 1 aromatic rings. The smallest absolute Gasteiger partial charge is 0.119 e. The molecular formula is C15H24BrNO2. The van der Waals surface area contributed by atoms with Gasteiger partial charge in [0.15, 0.2) is 0 Å². The van der Waals surface area contributed by atoms with Gasteiger partial charge in [0.2, 0.25) is 0 Å². The highest BCUT2D eigenvalue weighted by molar-refractivity contribution is 9.10. The average molecular weight is 330 g/mol. The summed E-state index contributed by atoms with van der Waals surface area (Å²) < 4.78 is 6.54. The minimum atomic E-state index is -0.474. The number of halogens is 1. The van der Waals surface area contributed by atoms with E-state index in [0.29, 0.717) is 19.1 Å². The molecule has 0 aliphatic carbocycles. The van der Waals surface area contributed by atoms with Gasteiger partial charge in [-0.15, -0.1) is 0 Å². The molecule has 2 N–H and O–H groups in total. The number of aliphatic hydroxyl groups excluding tert-OH is 1. The summed E-state index contributed by atoms with van der Waals surface area (Å²) in [5.41, 5.74) is 0. The highest BCUT2D eigenvalue weighted by Crippen LogP contribution is 2.16. The molecular weight excluding hydrogens is 306 g/mol. The van der Waals surface area contributed by atoms with Gasteiger partial charge >= 0.3 is 0 Å². The van der Waals surface area contributed by atoms with Crippen LogP contribution in [0.2, 0.25) is 0 Å². The molecule has 3 nitrogen and oxygen atoms in total. The Labute approximate surface area is 124 Å². The van der Waals surface area contributed by atoms with Crippen molar-refractivity contribution in [1.29, 1.82) is 0 Å². The molecule has 1 aromatic carbocycles. The molecule has 0 bridgehead atoms. The van der Waals surface area contributed by atoms with E-state index in [-0.39, 0.29) is 0 Å². The minimum Gasteiger partial charge on any atom is -0.491 e. The SMILES string of the molecule is CCC(CC)CNCC(O)COc1ccc(Br)cc1. The Morgan fingerprint density at radius 2 is 1.79 bits per heavy atom. The average Bonchev–Trinajstić information content (AvgIpc) is 2.43. The van der Waals surface area contributed by atoms with Crippen LogP contribution in [0.3, 0.4) is 0 Å². The molecule has 0 aliphatic rings. The summed E-state index contributed by atoms with van der Waals surface area (Å²) >= 11 is 3.37. The molecule has 0 heterocycles. The number of aliphatic hydroxyl groups is 1. The van der Waals surface area contributed by atoms with E-state index in [9.17, 15) is 5.11 Å². The lowest BCUT2D eigenvalue weighted by molar-refractivity contribution is 0.105. The number of ether oxygens (including phenoxy) is 1. The summed E-state index contributed by atoms with van der Waals surface area (Å²) in [5, 5.41) is 13.1. The molecule has 0 spiro atoms. The first kappa shape index (κ1) is 16.5. The van der Waals surface area contributed by atoms with Crippen molar-refractivity contribution in [1.82, 2.24) is 5.32 Å². The Morgan fingerprint density at radius 1 is 1.16 bits per heavy atom. The first-order valence-electron chi connectivity index (χ1n) is 6.92. The second-order valence-corrected chi connectivity index (χ2v) is 5.68. The van der Waals surface area contributed by atoms with Crippen molar-refractivity contribution in [3.63, 3.8) is 0 Å². The molecule has 4 heteroatoms. The fourth-order valence-corrected chi connectivity index (χ4v) is 2.08. The predicted molar refractivity (Wildman–Crippen MR) is 82.6 cm³/mol. The van der Waals surface area contributed by atoms with Crippen LogP contribution in [0.4, 0.5) is 0 Å². The Morgan fingerprint density at radius 3 is 2.37 bits per heavy atom. The maximum absolute atomic E-state index is 9.83. The quantitative estimate of drug-likeness (QED) is 0.730. The number of hydrogen-bond donors (Lipinski definition) is 2. The standard InChI is InChI=1S/C15H24BrNO2/c1-3-12(4-2)9-17-10-14(18)11-19-15-7-5-13(16)6-8-15/h5-8,12,14,17-18H,3-4,9-11H2,1-2H3. The molecule has 19 heavy (non-hydrogen) atoms. The number of nitrogens with one attached hydrogen (secondary N) is 1. The van der Waals surface area contributed by atoms with Crippen LogP contribution >= 0.6 is 15.9 Å². The molecule has 0 aromatic heterocycles. The number of rotatable bonds is 9. The fraction of sp³-hybridized carbons (Fsp3) is 0.600.